The average molecular weight is 230 g/mol. The lowest BCUT2D eigenvalue weighted by atomic mass is 10.4. The fourth-order valence-corrected chi connectivity index (χ4v) is 2.79. The molecule has 2 rings (SSSR count). The van der Waals surface area contributed by atoms with E-state index in [1.54, 1.807) is 6.92 Å². The van der Waals surface area contributed by atoms with Gasteiger partial charge in [0.25, 0.3) is 0 Å². The van der Waals surface area contributed by atoms with E-state index in [2.05, 4.69) is 14.9 Å². The van der Waals surface area contributed by atoms with Gasteiger partial charge in [-0.15, -0.1) is 0 Å². The van der Waals surface area contributed by atoms with Gasteiger partial charge < -0.3 is 5.73 Å². The highest BCUT2D eigenvalue weighted by Crippen LogP contribution is 2.31. The zero-order chi connectivity index (χ0) is 11.1. The van der Waals surface area contributed by atoms with Crippen molar-refractivity contribution in [2.45, 2.75) is 19.8 Å². The van der Waals surface area contributed by atoms with Crippen LogP contribution in [0.2, 0.25) is 0 Å². The molecule has 0 radical (unpaired) electrons. The van der Waals surface area contributed by atoms with Crippen LogP contribution < -0.4 is 10.5 Å². The summed E-state index contributed by atoms with van der Waals surface area (Å²) in [5, 5.41) is 6.41. The van der Waals surface area contributed by atoms with Crippen molar-refractivity contribution < 1.29 is 8.42 Å². The molecule has 0 bridgehead atoms. The van der Waals surface area contributed by atoms with Gasteiger partial charge in [-0.3, -0.25) is 9.82 Å². The third-order valence-corrected chi connectivity index (χ3v) is 3.81. The molecule has 1 heterocycles. The van der Waals surface area contributed by atoms with E-state index in [1.807, 2.05) is 0 Å². The molecule has 0 aromatic carbocycles. The predicted octanol–water partition coefficient (Wildman–Crippen LogP) is 0.452. The molecule has 0 saturated heterocycles. The van der Waals surface area contributed by atoms with Gasteiger partial charge in [0.05, 0.1) is 17.1 Å². The van der Waals surface area contributed by atoms with E-state index in [0.717, 1.165) is 12.8 Å². The molecule has 0 aliphatic heterocycles. The van der Waals surface area contributed by atoms with Gasteiger partial charge >= 0.3 is 0 Å². The fourth-order valence-electron chi connectivity index (χ4n) is 1.30. The first-order valence-corrected chi connectivity index (χ1v) is 6.44. The number of aromatic nitrogens is 2. The van der Waals surface area contributed by atoms with Crippen LogP contribution in [0, 0.1) is 12.8 Å². The Morgan fingerprint density at radius 3 is 2.73 bits per heavy atom. The lowest BCUT2D eigenvalue weighted by molar-refractivity contribution is 0.597. The molecule has 1 aromatic heterocycles. The lowest BCUT2D eigenvalue weighted by Crippen LogP contribution is -2.18. The number of rotatable bonds is 4. The molecular formula is C8H14N4O2S. The van der Waals surface area contributed by atoms with Crippen molar-refractivity contribution in [1.82, 2.24) is 10.2 Å². The van der Waals surface area contributed by atoms with E-state index in [9.17, 15) is 8.42 Å². The second kappa shape index (κ2) is 3.41. The third-order valence-electron chi connectivity index (χ3n) is 2.40. The minimum atomic E-state index is -3.29. The first-order chi connectivity index (χ1) is 6.98. The number of aryl methyl sites for hydroxylation is 1. The maximum Gasteiger partial charge on any atom is 0.234 e. The Kier molecular flexibility index (Phi) is 2.34. The highest BCUT2D eigenvalue weighted by Gasteiger charge is 2.28. The summed E-state index contributed by atoms with van der Waals surface area (Å²) in [4.78, 5) is 0. The van der Waals surface area contributed by atoms with Crippen molar-refractivity contribution in [1.29, 1.82) is 0 Å². The predicted molar refractivity (Wildman–Crippen MR) is 57.9 cm³/mol. The van der Waals surface area contributed by atoms with Gasteiger partial charge in [-0.25, -0.2) is 8.42 Å². The molecule has 15 heavy (non-hydrogen) atoms. The van der Waals surface area contributed by atoms with E-state index in [1.165, 1.54) is 0 Å². The largest absolute Gasteiger partial charge is 0.394 e. The molecule has 0 atom stereocenters. The average Bonchev–Trinajstić information content (AvgIpc) is 2.88. The summed E-state index contributed by atoms with van der Waals surface area (Å²) in [6, 6.07) is 0. The Morgan fingerprint density at radius 1 is 1.60 bits per heavy atom. The van der Waals surface area contributed by atoms with Crippen molar-refractivity contribution in [2.75, 3.05) is 16.2 Å². The number of nitrogens with zero attached hydrogens (tertiary/aromatic N) is 1. The van der Waals surface area contributed by atoms with Crippen molar-refractivity contribution >= 4 is 21.5 Å². The number of anilines is 2. The number of nitrogens with one attached hydrogen (secondary N) is 2. The molecule has 84 valence electrons. The number of aromatic amines is 1. The molecule has 4 N–H and O–H groups in total. The quantitative estimate of drug-likeness (QED) is 0.699. The monoisotopic (exact) mass is 230 g/mol. The van der Waals surface area contributed by atoms with Crippen molar-refractivity contribution in [2.24, 2.45) is 5.92 Å². The highest BCUT2D eigenvalue weighted by molar-refractivity contribution is 7.92. The molecule has 1 aliphatic rings. The zero-order valence-electron chi connectivity index (χ0n) is 8.45. The van der Waals surface area contributed by atoms with Gasteiger partial charge in [-0.1, -0.05) is 0 Å². The Balaban J connectivity index is 2.10. The van der Waals surface area contributed by atoms with E-state index in [4.69, 9.17) is 5.73 Å². The Bertz CT molecular complexity index is 461. The van der Waals surface area contributed by atoms with Gasteiger partial charge in [-0.05, 0) is 25.7 Å². The van der Waals surface area contributed by atoms with Crippen molar-refractivity contribution in [3.05, 3.63) is 5.69 Å². The molecule has 1 aliphatic carbocycles. The number of sulfonamides is 1. The smallest absolute Gasteiger partial charge is 0.234 e. The Labute approximate surface area is 88.3 Å². The molecule has 1 aromatic rings. The summed E-state index contributed by atoms with van der Waals surface area (Å²) in [6.07, 6.45) is 1.99. The first kappa shape index (κ1) is 10.3. The normalized spacial score (nSPS) is 16.6. The topological polar surface area (TPSA) is 101 Å². The number of hydrogen-bond acceptors (Lipinski definition) is 4. The van der Waals surface area contributed by atoms with Gasteiger partial charge in [0, 0.05) is 0 Å². The molecule has 6 nitrogen and oxygen atoms in total. The van der Waals surface area contributed by atoms with E-state index in [0.29, 0.717) is 17.3 Å². The van der Waals surface area contributed by atoms with Crippen LogP contribution in [0.25, 0.3) is 0 Å². The van der Waals surface area contributed by atoms with Crippen LogP contribution in [-0.4, -0.2) is 24.4 Å². The molecule has 0 spiro atoms. The van der Waals surface area contributed by atoms with Crippen LogP contribution in [0.1, 0.15) is 18.5 Å². The molecule has 7 heteroatoms. The van der Waals surface area contributed by atoms with Crippen LogP contribution >= 0.6 is 0 Å². The van der Waals surface area contributed by atoms with Crippen LogP contribution in [0.15, 0.2) is 0 Å². The summed E-state index contributed by atoms with van der Waals surface area (Å²) in [5.41, 5.74) is 6.66. The maximum absolute atomic E-state index is 11.6. The molecule has 1 saturated carbocycles. The minimum absolute atomic E-state index is 0.165. The molecule has 0 amide bonds. The summed E-state index contributed by atoms with van der Waals surface area (Å²) in [7, 11) is -3.29. The van der Waals surface area contributed by atoms with Crippen LogP contribution in [0.4, 0.5) is 11.5 Å². The Hall–Kier alpha value is -1.24. The second-order valence-corrected chi connectivity index (χ2v) is 5.70. The van der Waals surface area contributed by atoms with Crippen LogP contribution in [0.5, 0.6) is 0 Å². The van der Waals surface area contributed by atoms with Gasteiger partial charge in [0.2, 0.25) is 10.0 Å². The minimum Gasteiger partial charge on any atom is -0.394 e. The first-order valence-electron chi connectivity index (χ1n) is 4.79. The number of nitrogen functional groups attached to an aromatic ring is 1. The van der Waals surface area contributed by atoms with Crippen LogP contribution in [0.3, 0.4) is 0 Å². The highest BCUT2D eigenvalue weighted by atomic mass is 32.2. The third kappa shape index (κ3) is 2.41. The fraction of sp³-hybridized carbons (Fsp3) is 0.625. The Morgan fingerprint density at radius 2 is 2.27 bits per heavy atom. The second-order valence-electron chi connectivity index (χ2n) is 3.94. The van der Waals surface area contributed by atoms with E-state index in [-0.39, 0.29) is 11.6 Å². The standard InChI is InChI=1S/C8H14N4O2S/c1-5-7(9)8(11-10-5)12-15(13,14)4-6-2-3-6/h6H,2-4,9H2,1H3,(H2,10,11,12). The lowest BCUT2D eigenvalue weighted by Gasteiger charge is -2.04. The summed E-state index contributed by atoms with van der Waals surface area (Å²) in [5.74, 6) is 0.676. The van der Waals surface area contributed by atoms with Crippen molar-refractivity contribution in [3.8, 4) is 0 Å². The zero-order valence-corrected chi connectivity index (χ0v) is 9.26. The molecular weight excluding hydrogens is 216 g/mol. The van der Waals surface area contributed by atoms with Gasteiger partial charge in [-0.2, -0.15) is 5.10 Å². The summed E-state index contributed by atoms with van der Waals surface area (Å²) in [6.45, 7) is 1.74. The number of hydrogen-bond donors (Lipinski definition) is 3. The van der Waals surface area contributed by atoms with Crippen molar-refractivity contribution in [3.63, 3.8) is 0 Å². The number of H-pyrrole nitrogens is 1. The van der Waals surface area contributed by atoms with E-state index < -0.39 is 10.0 Å². The maximum atomic E-state index is 11.6. The molecule has 1 fully saturated rings. The van der Waals surface area contributed by atoms with E-state index >= 15 is 0 Å². The van der Waals surface area contributed by atoms with Crippen LogP contribution in [-0.2, 0) is 10.0 Å². The SMILES string of the molecule is Cc1[nH]nc(NS(=O)(=O)CC2CC2)c1N. The summed E-state index contributed by atoms with van der Waals surface area (Å²) < 4.78 is 25.6. The molecule has 0 unspecified atom stereocenters. The summed E-state index contributed by atoms with van der Waals surface area (Å²) >= 11 is 0. The number of nitrogens with two attached hydrogens (primary N) is 1. The van der Waals surface area contributed by atoms with Gasteiger partial charge in [0.15, 0.2) is 5.82 Å². The van der Waals surface area contributed by atoms with Gasteiger partial charge in [0.1, 0.15) is 0 Å².